The average molecular weight is 450 g/mol. The molecule has 7 atom stereocenters. The maximum atomic E-state index is 6.39. The summed E-state index contributed by atoms with van der Waals surface area (Å²) in [5.74, 6) is 1.30. The first-order valence-electron chi connectivity index (χ1n) is 12.2. The number of rotatable bonds is 5. The largest absolute Gasteiger partial charge is 0.358 e. The molecule has 1 aromatic carbocycles. The van der Waals surface area contributed by atoms with Crippen molar-refractivity contribution < 1.29 is 0 Å². The fourth-order valence-corrected chi connectivity index (χ4v) is 6.46. The number of thiocarbonyl (C=S) groups is 1. The van der Waals surface area contributed by atoms with Crippen LogP contribution in [0.5, 0.6) is 0 Å². The first-order valence-corrected chi connectivity index (χ1v) is 12.6. The van der Waals surface area contributed by atoms with Crippen LogP contribution in [-0.4, -0.2) is 46.2 Å². The van der Waals surface area contributed by atoms with Crippen molar-refractivity contribution in [2.24, 2.45) is 17.6 Å². The van der Waals surface area contributed by atoms with Gasteiger partial charge >= 0.3 is 0 Å². The number of aromatic nitrogens is 1. The molecule has 5 nitrogen and oxygen atoms in total. The first kappa shape index (κ1) is 21.8. The van der Waals surface area contributed by atoms with E-state index in [0.717, 1.165) is 43.0 Å². The Bertz CT molecular complexity index is 972. The molecule has 2 bridgehead atoms. The number of fused-ring (bicyclic) bond motifs is 4. The van der Waals surface area contributed by atoms with E-state index in [9.17, 15) is 0 Å². The molecule has 0 amide bonds. The quantitative estimate of drug-likeness (QED) is 0.475. The van der Waals surface area contributed by atoms with E-state index in [1.54, 1.807) is 0 Å². The lowest BCUT2D eigenvalue weighted by Gasteiger charge is -2.52. The maximum absolute atomic E-state index is 6.39. The van der Waals surface area contributed by atoms with E-state index < -0.39 is 0 Å². The van der Waals surface area contributed by atoms with Gasteiger partial charge in [-0.25, -0.2) is 0 Å². The van der Waals surface area contributed by atoms with E-state index in [1.807, 2.05) is 6.20 Å². The number of benzene rings is 1. The fourth-order valence-electron chi connectivity index (χ4n) is 6.18. The highest BCUT2D eigenvalue weighted by molar-refractivity contribution is 7.80. The molecular formula is C26H35N5S. The number of piperidine rings is 3. The molecule has 170 valence electrons. The van der Waals surface area contributed by atoms with Crippen LogP contribution in [0.25, 0.3) is 10.9 Å². The first-order chi connectivity index (χ1) is 15.6. The lowest BCUT2D eigenvalue weighted by molar-refractivity contribution is 0.00426. The highest BCUT2D eigenvalue weighted by atomic mass is 32.1. The monoisotopic (exact) mass is 449 g/mol. The molecule has 1 aromatic heterocycles. The van der Waals surface area contributed by atoms with Gasteiger partial charge in [0.2, 0.25) is 0 Å². The zero-order chi connectivity index (χ0) is 22.1. The summed E-state index contributed by atoms with van der Waals surface area (Å²) in [5.41, 5.74) is 8.70. The number of para-hydroxylation sites is 1. The van der Waals surface area contributed by atoms with Gasteiger partial charge in [0.15, 0.2) is 5.11 Å². The molecule has 6 heteroatoms. The van der Waals surface area contributed by atoms with E-state index in [-0.39, 0.29) is 18.1 Å². The van der Waals surface area contributed by atoms with Crippen LogP contribution in [0.2, 0.25) is 0 Å². The number of nitrogens with zero attached hydrogens (tertiary/aromatic N) is 2. The number of pyridine rings is 1. The summed E-state index contributed by atoms with van der Waals surface area (Å²) >= 11 is 5.86. The molecular weight excluding hydrogens is 414 g/mol. The van der Waals surface area contributed by atoms with Crippen LogP contribution in [-0.2, 0) is 0 Å². The SMILES string of the molecule is C=CC1CN2CCC1CC2[C@@H](NC(=S)N[C@H]1CCCC[C@@H]1N)c1ccnc2ccccc12. The Morgan fingerprint density at radius 1 is 1.22 bits per heavy atom. The Kier molecular flexibility index (Phi) is 6.44. The molecule has 2 aromatic rings. The van der Waals surface area contributed by atoms with Crippen molar-refractivity contribution >= 4 is 28.2 Å². The molecule has 0 spiro atoms. The molecule has 32 heavy (non-hydrogen) atoms. The Hall–Kier alpha value is -2.02. The standard InChI is InChI=1S/C26H35N5S/c1-2-17-16-31-14-12-18(17)15-24(31)25(20-11-13-28-22-9-5-3-7-19(20)22)30-26(32)29-23-10-6-4-8-21(23)27/h2-3,5,7,9,11,13,17-18,21,23-25H,1,4,6,8,10,12,14-16,27H2,(H2,29,30,32)/t17?,18?,21-,23-,24?,25-/m0/s1. The Labute approximate surface area is 196 Å². The molecule has 4 aliphatic rings. The predicted octanol–water partition coefficient (Wildman–Crippen LogP) is 3.91. The number of nitrogens with two attached hydrogens (primary N) is 1. The van der Waals surface area contributed by atoms with Crippen LogP contribution in [0.3, 0.4) is 0 Å². The van der Waals surface area contributed by atoms with Crippen LogP contribution < -0.4 is 16.4 Å². The van der Waals surface area contributed by atoms with E-state index >= 15 is 0 Å². The predicted molar refractivity (Wildman–Crippen MR) is 135 cm³/mol. The Balaban J connectivity index is 1.44. The van der Waals surface area contributed by atoms with Crippen molar-refractivity contribution in [3.05, 3.63) is 54.7 Å². The third kappa shape index (κ3) is 4.28. The molecule has 4 heterocycles. The molecule has 0 radical (unpaired) electrons. The summed E-state index contributed by atoms with van der Waals surface area (Å²) in [5, 5.41) is 9.24. The second-order valence-corrected chi connectivity index (χ2v) is 10.2. The van der Waals surface area contributed by atoms with Crippen LogP contribution in [0.4, 0.5) is 0 Å². The Morgan fingerprint density at radius 2 is 2.06 bits per heavy atom. The third-order valence-electron chi connectivity index (χ3n) is 7.98. The zero-order valence-corrected chi connectivity index (χ0v) is 19.6. The fraction of sp³-hybridized carbons (Fsp3) is 0.538. The highest BCUT2D eigenvalue weighted by Crippen LogP contribution is 2.42. The van der Waals surface area contributed by atoms with Gasteiger partial charge in [-0.05, 0) is 74.0 Å². The minimum absolute atomic E-state index is 0.108. The van der Waals surface area contributed by atoms with Crippen molar-refractivity contribution in [1.29, 1.82) is 0 Å². The highest BCUT2D eigenvalue weighted by Gasteiger charge is 2.43. The topological polar surface area (TPSA) is 66.2 Å². The van der Waals surface area contributed by atoms with Gasteiger partial charge in [-0.2, -0.15) is 0 Å². The summed E-state index contributed by atoms with van der Waals surface area (Å²) in [4.78, 5) is 7.25. The molecule has 6 rings (SSSR count). The minimum atomic E-state index is 0.108. The molecule has 1 aliphatic carbocycles. The lowest BCUT2D eigenvalue weighted by Crippen LogP contribution is -2.59. The summed E-state index contributed by atoms with van der Waals surface area (Å²) in [6.45, 7) is 6.34. The van der Waals surface area contributed by atoms with Gasteiger partial charge in [0.05, 0.1) is 11.6 Å². The number of hydrogen-bond donors (Lipinski definition) is 3. The van der Waals surface area contributed by atoms with Gasteiger partial charge in [-0.1, -0.05) is 37.1 Å². The summed E-state index contributed by atoms with van der Waals surface area (Å²) < 4.78 is 0. The second kappa shape index (κ2) is 9.46. The van der Waals surface area contributed by atoms with Crippen molar-refractivity contribution in [3.63, 3.8) is 0 Å². The lowest BCUT2D eigenvalue weighted by atomic mass is 9.73. The average Bonchev–Trinajstić information content (AvgIpc) is 2.84. The molecule has 3 aliphatic heterocycles. The molecule has 4 fully saturated rings. The number of hydrogen-bond acceptors (Lipinski definition) is 4. The molecule has 1 saturated carbocycles. The third-order valence-corrected chi connectivity index (χ3v) is 8.21. The molecule has 4 N–H and O–H groups in total. The number of nitrogens with one attached hydrogen (secondary N) is 2. The van der Waals surface area contributed by atoms with Gasteiger partial charge in [0.1, 0.15) is 0 Å². The van der Waals surface area contributed by atoms with Crippen molar-refractivity contribution in [3.8, 4) is 0 Å². The van der Waals surface area contributed by atoms with Crippen LogP contribution in [0.1, 0.15) is 50.1 Å². The molecule has 3 saturated heterocycles. The van der Waals surface area contributed by atoms with Crippen LogP contribution in [0.15, 0.2) is 49.2 Å². The normalized spacial score (nSPS) is 32.9. The van der Waals surface area contributed by atoms with Gasteiger partial charge < -0.3 is 16.4 Å². The van der Waals surface area contributed by atoms with E-state index in [0.29, 0.717) is 17.9 Å². The summed E-state index contributed by atoms with van der Waals surface area (Å²) in [6, 6.07) is 11.5. The zero-order valence-electron chi connectivity index (χ0n) is 18.7. The molecule has 4 unspecified atom stereocenters. The summed E-state index contributed by atoms with van der Waals surface area (Å²) in [7, 11) is 0. The maximum Gasteiger partial charge on any atom is 0.167 e. The van der Waals surface area contributed by atoms with Gasteiger partial charge in [-0.3, -0.25) is 9.88 Å². The van der Waals surface area contributed by atoms with Crippen LogP contribution >= 0.6 is 12.2 Å². The van der Waals surface area contributed by atoms with Crippen molar-refractivity contribution in [1.82, 2.24) is 20.5 Å². The summed E-state index contributed by atoms with van der Waals surface area (Å²) in [6.07, 6.45) is 11.1. The van der Waals surface area contributed by atoms with E-state index in [2.05, 4.69) is 63.5 Å². The van der Waals surface area contributed by atoms with Crippen molar-refractivity contribution in [2.45, 2.75) is 62.7 Å². The van der Waals surface area contributed by atoms with Crippen LogP contribution in [0, 0.1) is 11.8 Å². The second-order valence-electron chi connectivity index (χ2n) is 9.81. The van der Waals surface area contributed by atoms with Gasteiger partial charge in [0, 0.05) is 36.3 Å². The Morgan fingerprint density at radius 3 is 2.84 bits per heavy atom. The van der Waals surface area contributed by atoms with E-state index in [4.69, 9.17) is 18.0 Å². The van der Waals surface area contributed by atoms with Crippen molar-refractivity contribution in [2.75, 3.05) is 13.1 Å². The van der Waals surface area contributed by atoms with Gasteiger partial charge in [-0.15, -0.1) is 6.58 Å². The minimum Gasteiger partial charge on any atom is -0.358 e. The van der Waals surface area contributed by atoms with Gasteiger partial charge in [0.25, 0.3) is 0 Å². The smallest absolute Gasteiger partial charge is 0.167 e. The van der Waals surface area contributed by atoms with E-state index in [1.165, 1.54) is 30.2 Å².